The number of benzene rings is 9. The maximum absolute atomic E-state index is 6.46. The second kappa shape index (κ2) is 16.4. The lowest BCUT2D eigenvalue weighted by atomic mass is 9.33. The molecule has 11 aromatic rings. The van der Waals surface area contributed by atoms with Gasteiger partial charge in [0, 0.05) is 50.0 Å². The van der Waals surface area contributed by atoms with Crippen LogP contribution in [0.25, 0.3) is 60.6 Å². The highest BCUT2D eigenvalue weighted by Crippen LogP contribution is 2.51. The normalized spacial score (nSPS) is 13.6. The molecular weight excluding hydrogens is 910 g/mol. The van der Waals surface area contributed by atoms with Crippen molar-refractivity contribution in [2.45, 2.75) is 106 Å². The molecule has 0 unspecified atom stereocenters. The number of furan rings is 1. The van der Waals surface area contributed by atoms with Gasteiger partial charge in [-0.15, -0.1) is 0 Å². The fourth-order valence-corrected chi connectivity index (χ4v) is 12.9. The van der Waals surface area contributed by atoms with Crippen molar-refractivity contribution in [3.63, 3.8) is 0 Å². The third kappa shape index (κ3) is 7.17. The smallest absolute Gasteiger partial charge is 0.252 e. The fourth-order valence-electron chi connectivity index (χ4n) is 12.9. The molecule has 0 radical (unpaired) electrons. The molecule has 0 saturated heterocycles. The first-order chi connectivity index (χ1) is 35.8. The summed E-state index contributed by atoms with van der Waals surface area (Å²) in [5.41, 5.74) is 27.9. The van der Waals surface area contributed by atoms with Crippen molar-refractivity contribution in [3.8, 4) is 16.8 Å². The third-order valence-corrected chi connectivity index (χ3v) is 16.6. The van der Waals surface area contributed by atoms with Gasteiger partial charge >= 0.3 is 0 Å². The molecule has 5 heteroatoms. The Balaban J connectivity index is 1.17. The minimum atomic E-state index is -0.168. The number of rotatable bonds is 4. The van der Waals surface area contributed by atoms with Crippen LogP contribution in [-0.2, 0) is 16.2 Å². The van der Waals surface area contributed by atoms with Crippen LogP contribution in [0.1, 0.15) is 101 Å². The quantitative estimate of drug-likeness (QED) is 0.164. The van der Waals surface area contributed by atoms with E-state index in [1.807, 2.05) is 0 Å². The molecular formula is C70H66BN3O. The molecule has 0 saturated carbocycles. The first-order valence-electron chi connectivity index (χ1n) is 27.0. The van der Waals surface area contributed by atoms with E-state index in [-0.39, 0.29) is 23.0 Å². The fraction of sp³-hybridized carbons (Fsp3) is 0.229. The van der Waals surface area contributed by atoms with Gasteiger partial charge in [-0.2, -0.15) is 0 Å². The number of aryl methyl sites for hydroxylation is 4. The Morgan fingerprint density at radius 1 is 0.400 bits per heavy atom. The van der Waals surface area contributed by atoms with Crippen molar-refractivity contribution in [3.05, 3.63) is 203 Å². The second-order valence-corrected chi connectivity index (χ2v) is 24.9. The van der Waals surface area contributed by atoms with Gasteiger partial charge < -0.3 is 18.8 Å². The summed E-state index contributed by atoms with van der Waals surface area (Å²) in [6.07, 6.45) is 0. The van der Waals surface area contributed by atoms with E-state index in [0.717, 1.165) is 27.6 Å². The molecule has 75 heavy (non-hydrogen) atoms. The van der Waals surface area contributed by atoms with Gasteiger partial charge in [-0.25, -0.2) is 0 Å². The van der Waals surface area contributed by atoms with Crippen molar-refractivity contribution < 1.29 is 4.42 Å². The van der Waals surface area contributed by atoms with Crippen LogP contribution in [0, 0.1) is 27.7 Å². The van der Waals surface area contributed by atoms with Crippen LogP contribution in [0.4, 0.5) is 34.1 Å². The Morgan fingerprint density at radius 2 is 0.947 bits per heavy atom. The number of para-hydroxylation sites is 3. The van der Waals surface area contributed by atoms with Gasteiger partial charge in [0.05, 0.1) is 22.4 Å². The maximum Gasteiger partial charge on any atom is 0.252 e. The molecule has 2 aliphatic heterocycles. The van der Waals surface area contributed by atoms with E-state index in [2.05, 4.69) is 268 Å². The van der Waals surface area contributed by atoms with E-state index < -0.39 is 0 Å². The van der Waals surface area contributed by atoms with Crippen molar-refractivity contribution in [2.24, 2.45) is 0 Å². The van der Waals surface area contributed by atoms with Gasteiger partial charge in [0.15, 0.2) is 0 Å². The molecule has 9 aromatic carbocycles. The zero-order valence-electron chi connectivity index (χ0n) is 45.9. The van der Waals surface area contributed by atoms with Crippen LogP contribution >= 0.6 is 0 Å². The monoisotopic (exact) mass is 976 g/mol. The summed E-state index contributed by atoms with van der Waals surface area (Å²) in [5.74, 6) is 0. The maximum atomic E-state index is 6.46. The summed E-state index contributed by atoms with van der Waals surface area (Å²) in [6.45, 7) is 30.4. The number of fused-ring (bicyclic) bond motifs is 10. The van der Waals surface area contributed by atoms with Crippen molar-refractivity contribution in [1.82, 2.24) is 4.57 Å². The molecule has 0 spiro atoms. The highest BCUT2D eigenvalue weighted by molar-refractivity contribution is 7.00. The molecule has 0 fully saturated rings. The SMILES string of the molecule is Cc1cc(C(C)(C)C)cc(C)c1N1c2ccc(C(C)(C)C)cc2B2c3cc4c5ccccc5n(-c5ccccc5)c4cc3N(c3c(C)cc(-c4cccc5oc6ccccc6c45)cc3C)c3cc(C(C)(C)C)cc1c32. The van der Waals surface area contributed by atoms with E-state index in [1.165, 1.54) is 122 Å². The third-order valence-electron chi connectivity index (χ3n) is 16.6. The number of aromatic nitrogens is 1. The van der Waals surface area contributed by atoms with Crippen LogP contribution in [0.3, 0.4) is 0 Å². The van der Waals surface area contributed by atoms with E-state index in [0.29, 0.717) is 0 Å². The molecule has 4 nitrogen and oxygen atoms in total. The van der Waals surface area contributed by atoms with E-state index in [1.54, 1.807) is 0 Å². The molecule has 2 aromatic heterocycles. The lowest BCUT2D eigenvalue weighted by Gasteiger charge is -2.46. The van der Waals surface area contributed by atoms with Crippen molar-refractivity contribution in [1.29, 1.82) is 0 Å². The predicted octanol–water partition coefficient (Wildman–Crippen LogP) is 17.6. The van der Waals surface area contributed by atoms with Crippen molar-refractivity contribution >= 4 is 101 Å². The predicted molar refractivity (Wildman–Crippen MR) is 323 cm³/mol. The van der Waals surface area contributed by atoms with E-state index in [4.69, 9.17) is 4.42 Å². The van der Waals surface area contributed by atoms with Crippen LogP contribution in [0.15, 0.2) is 168 Å². The zero-order valence-corrected chi connectivity index (χ0v) is 45.9. The van der Waals surface area contributed by atoms with E-state index in [9.17, 15) is 0 Å². The standard InChI is InChI=1S/C70H66BN3O/c1-41-32-45(50-26-21-29-63-64(50)52-25-18-20-28-62(52)75-63)33-42(2)66(41)74-59-40-58-53(51-24-17-19-27-56(51)72(58)49-22-15-14-16-23-49)39-55(59)71-54-36-46(68(5,6)7)30-31-57(54)73(60-37-48(70(11,12)13)38-61(74)65(60)71)67-43(3)34-47(35-44(67)4)69(8,9)10/h14-40H,1-13H3. The van der Waals surface area contributed by atoms with Gasteiger partial charge in [-0.05, 0) is 177 Å². The first kappa shape index (κ1) is 47.0. The number of hydrogen-bond acceptors (Lipinski definition) is 3. The largest absolute Gasteiger partial charge is 0.456 e. The zero-order chi connectivity index (χ0) is 52.2. The molecule has 0 N–H and O–H groups in total. The Labute approximate surface area is 443 Å². The van der Waals surface area contributed by atoms with Gasteiger partial charge in [0.1, 0.15) is 11.2 Å². The van der Waals surface area contributed by atoms with Crippen LogP contribution in [-0.4, -0.2) is 11.3 Å². The highest BCUT2D eigenvalue weighted by Gasteiger charge is 2.46. The van der Waals surface area contributed by atoms with Gasteiger partial charge in [-0.1, -0.05) is 159 Å². The molecule has 0 aliphatic carbocycles. The van der Waals surface area contributed by atoms with Crippen LogP contribution in [0.2, 0.25) is 0 Å². The van der Waals surface area contributed by atoms with Gasteiger partial charge in [-0.3, -0.25) is 0 Å². The second-order valence-electron chi connectivity index (χ2n) is 24.9. The highest BCUT2D eigenvalue weighted by atomic mass is 16.3. The summed E-state index contributed by atoms with van der Waals surface area (Å²) in [7, 11) is 0. The Bertz CT molecular complexity index is 4140. The number of anilines is 6. The molecule has 13 rings (SSSR count). The minimum absolute atomic E-state index is 0.00908. The molecule has 0 bridgehead atoms. The Morgan fingerprint density at radius 3 is 1.60 bits per heavy atom. The summed E-state index contributed by atoms with van der Waals surface area (Å²) in [6, 6.07) is 62.2. The summed E-state index contributed by atoms with van der Waals surface area (Å²) >= 11 is 0. The molecule has 2 aliphatic rings. The molecule has 0 amide bonds. The summed E-state index contributed by atoms with van der Waals surface area (Å²) < 4.78 is 8.94. The summed E-state index contributed by atoms with van der Waals surface area (Å²) in [5, 5.41) is 4.81. The number of hydrogen-bond donors (Lipinski definition) is 0. The van der Waals surface area contributed by atoms with Crippen molar-refractivity contribution in [2.75, 3.05) is 9.80 Å². The van der Waals surface area contributed by atoms with Gasteiger partial charge in [0.25, 0.3) is 6.71 Å². The van der Waals surface area contributed by atoms with Crippen LogP contribution in [0.5, 0.6) is 0 Å². The molecule has 370 valence electrons. The number of nitrogens with zero attached hydrogens (tertiary/aromatic N) is 3. The summed E-state index contributed by atoms with van der Waals surface area (Å²) in [4.78, 5) is 5.33. The van der Waals surface area contributed by atoms with Crippen LogP contribution < -0.4 is 26.2 Å². The average molecular weight is 976 g/mol. The first-order valence-corrected chi connectivity index (χ1v) is 27.0. The van der Waals surface area contributed by atoms with E-state index >= 15 is 0 Å². The topological polar surface area (TPSA) is 24.6 Å². The molecule has 0 atom stereocenters. The van der Waals surface area contributed by atoms with Gasteiger partial charge in [0.2, 0.25) is 0 Å². The lowest BCUT2D eigenvalue weighted by molar-refractivity contribution is 0.589. The Kier molecular flexibility index (Phi) is 10.3. The average Bonchev–Trinajstić information content (AvgIpc) is 3.99. The Hall–Kier alpha value is -7.76. The molecule has 4 heterocycles. The lowest BCUT2D eigenvalue weighted by Crippen LogP contribution is -2.61. The minimum Gasteiger partial charge on any atom is -0.456 e.